The molecule has 2 aromatic carbocycles. The van der Waals surface area contributed by atoms with Crippen molar-refractivity contribution in [1.29, 1.82) is 0 Å². The molecule has 4 rings (SSSR count). The molecule has 174 valence electrons. The van der Waals surface area contributed by atoms with E-state index in [1.54, 1.807) is 6.92 Å². The Bertz CT molecular complexity index is 1160. The highest BCUT2D eigenvalue weighted by molar-refractivity contribution is 7.89. The number of piperidine rings is 1. The Labute approximate surface area is 199 Å². The van der Waals surface area contributed by atoms with Crippen LogP contribution >= 0.6 is 11.3 Å². The number of sulfonamides is 1. The molecule has 1 saturated heterocycles. The first-order chi connectivity index (χ1) is 15.8. The highest BCUT2D eigenvalue weighted by Crippen LogP contribution is 2.39. The third-order valence-electron chi connectivity index (χ3n) is 6.08. The third kappa shape index (κ3) is 5.34. The number of amides is 1. The zero-order valence-electron chi connectivity index (χ0n) is 19.2. The lowest BCUT2D eigenvalue weighted by Crippen LogP contribution is -2.42. The largest absolute Gasteiger partial charge is 0.302 e. The molecule has 0 atom stereocenters. The first-order valence-electron chi connectivity index (χ1n) is 11.2. The third-order valence-corrected chi connectivity index (χ3v) is 8.98. The lowest BCUT2D eigenvalue weighted by Gasteiger charge is -2.30. The number of aryl methyl sites for hydroxylation is 2. The van der Waals surface area contributed by atoms with Gasteiger partial charge in [-0.25, -0.2) is 17.7 Å². The van der Waals surface area contributed by atoms with Crippen LogP contribution in [-0.4, -0.2) is 42.5 Å². The minimum Gasteiger partial charge on any atom is -0.302 e. The first-order valence-corrected chi connectivity index (χ1v) is 13.6. The minimum atomic E-state index is -3.21. The van der Waals surface area contributed by atoms with Crippen molar-refractivity contribution in [3.05, 3.63) is 59.7 Å². The molecule has 1 N–H and O–H groups in total. The summed E-state index contributed by atoms with van der Waals surface area (Å²) < 4.78 is 25.7. The molecule has 1 amide bonds. The van der Waals surface area contributed by atoms with Crippen LogP contribution in [0.2, 0.25) is 0 Å². The van der Waals surface area contributed by atoms with Gasteiger partial charge in [0.15, 0.2) is 5.13 Å². The van der Waals surface area contributed by atoms with E-state index in [2.05, 4.69) is 67.7 Å². The average Bonchev–Trinajstić information content (AvgIpc) is 3.23. The van der Waals surface area contributed by atoms with Gasteiger partial charge in [-0.2, -0.15) is 0 Å². The van der Waals surface area contributed by atoms with Gasteiger partial charge in [0, 0.05) is 24.6 Å². The van der Waals surface area contributed by atoms with E-state index >= 15 is 0 Å². The summed E-state index contributed by atoms with van der Waals surface area (Å²) in [5, 5.41) is 3.57. The number of nitrogens with one attached hydrogen (secondary N) is 1. The molecule has 0 bridgehead atoms. The van der Waals surface area contributed by atoms with Crippen LogP contribution in [0.25, 0.3) is 21.7 Å². The van der Waals surface area contributed by atoms with Gasteiger partial charge in [-0.1, -0.05) is 71.0 Å². The van der Waals surface area contributed by atoms with Crippen molar-refractivity contribution in [2.24, 2.45) is 5.92 Å². The first kappa shape index (κ1) is 23.6. The van der Waals surface area contributed by atoms with Gasteiger partial charge in [0.2, 0.25) is 15.9 Å². The second-order valence-corrected chi connectivity index (χ2v) is 11.7. The highest BCUT2D eigenvalue weighted by atomic mass is 32.2. The molecule has 0 unspecified atom stereocenters. The van der Waals surface area contributed by atoms with Crippen molar-refractivity contribution in [2.45, 2.75) is 33.6 Å². The molecule has 6 nitrogen and oxygen atoms in total. The van der Waals surface area contributed by atoms with Gasteiger partial charge < -0.3 is 5.32 Å². The highest BCUT2D eigenvalue weighted by Gasteiger charge is 2.30. The van der Waals surface area contributed by atoms with Crippen molar-refractivity contribution in [3.8, 4) is 21.7 Å². The maximum atomic E-state index is 13.0. The SMILES string of the molecule is CCS(=O)(=O)N1CCC(C(=O)Nc2nc(-c3ccc(C)cc3)c(-c3ccc(C)cc3)s2)CC1. The molecule has 0 aliphatic carbocycles. The van der Waals surface area contributed by atoms with Crippen LogP contribution in [0.15, 0.2) is 48.5 Å². The number of hydrogen-bond acceptors (Lipinski definition) is 5. The summed E-state index contributed by atoms with van der Waals surface area (Å²) >= 11 is 1.47. The summed E-state index contributed by atoms with van der Waals surface area (Å²) in [5.74, 6) is -0.224. The molecule has 2 heterocycles. The van der Waals surface area contributed by atoms with Gasteiger partial charge in [-0.3, -0.25) is 4.79 Å². The Hall–Kier alpha value is -2.55. The predicted molar refractivity (Wildman–Crippen MR) is 135 cm³/mol. The van der Waals surface area contributed by atoms with Crippen molar-refractivity contribution in [3.63, 3.8) is 0 Å². The second-order valence-electron chi connectivity index (χ2n) is 8.49. The number of carbonyl (C=O) groups excluding carboxylic acids is 1. The fourth-order valence-electron chi connectivity index (χ4n) is 3.97. The van der Waals surface area contributed by atoms with Crippen molar-refractivity contribution in [1.82, 2.24) is 9.29 Å². The number of aromatic nitrogens is 1. The van der Waals surface area contributed by atoms with Gasteiger partial charge >= 0.3 is 0 Å². The van der Waals surface area contributed by atoms with E-state index in [4.69, 9.17) is 4.98 Å². The smallest absolute Gasteiger partial charge is 0.229 e. The standard InChI is InChI=1S/C25H29N3O3S2/c1-4-33(30,31)28-15-13-21(14-16-28)24(29)27-25-26-22(19-9-5-17(2)6-10-19)23(32-25)20-11-7-18(3)8-12-20/h5-12,21H,4,13-16H2,1-3H3,(H,26,27,29). The van der Waals surface area contributed by atoms with E-state index in [1.807, 2.05) is 0 Å². The normalized spacial score (nSPS) is 15.5. The Kier molecular flexibility index (Phi) is 6.97. The number of thiazole rings is 1. The fourth-order valence-corrected chi connectivity index (χ4v) is 6.10. The van der Waals surface area contributed by atoms with Crippen molar-refractivity contribution < 1.29 is 13.2 Å². The van der Waals surface area contributed by atoms with E-state index in [0.29, 0.717) is 31.1 Å². The monoisotopic (exact) mass is 483 g/mol. The van der Waals surface area contributed by atoms with Gasteiger partial charge in [0.1, 0.15) is 0 Å². The Morgan fingerprint density at radius 3 is 2.09 bits per heavy atom. The maximum absolute atomic E-state index is 13.0. The number of rotatable bonds is 6. The summed E-state index contributed by atoms with van der Waals surface area (Å²) in [5.41, 5.74) is 5.28. The van der Waals surface area contributed by atoms with Gasteiger partial charge in [0.05, 0.1) is 16.3 Å². The summed E-state index contributed by atoms with van der Waals surface area (Å²) in [4.78, 5) is 18.8. The Morgan fingerprint density at radius 2 is 1.55 bits per heavy atom. The van der Waals surface area contributed by atoms with Gasteiger partial charge in [-0.05, 0) is 39.2 Å². The van der Waals surface area contributed by atoms with Crippen LogP contribution in [0.4, 0.5) is 5.13 Å². The lowest BCUT2D eigenvalue weighted by molar-refractivity contribution is -0.120. The molecule has 33 heavy (non-hydrogen) atoms. The summed E-state index contributed by atoms with van der Waals surface area (Å²) in [6, 6.07) is 16.5. The fraction of sp³-hybridized carbons (Fsp3) is 0.360. The number of carbonyl (C=O) groups is 1. The lowest BCUT2D eigenvalue weighted by atomic mass is 9.97. The Morgan fingerprint density at radius 1 is 1.00 bits per heavy atom. The molecule has 1 aromatic heterocycles. The zero-order chi connectivity index (χ0) is 23.6. The molecular weight excluding hydrogens is 454 g/mol. The summed E-state index contributed by atoms with van der Waals surface area (Å²) in [6.07, 6.45) is 1.04. The van der Waals surface area contributed by atoms with Gasteiger partial charge in [0.25, 0.3) is 0 Å². The number of nitrogens with zero attached hydrogens (tertiary/aromatic N) is 2. The minimum absolute atomic E-state index is 0.0898. The maximum Gasteiger partial charge on any atom is 0.229 e. The Balaban J connectivity index is 1.56. The zero-order valence-corrected chi connectivity index (χ0v) is 20.8. The van der Waals surface area contributed by atoms with Gasteiger partial charge in [-0.15, -0.1) is 0 Å². The summed E-state index contributed by atoms with van der Waals surface area (Å²) in [6.45, 7) is 6.52. The number of benzene rings is 2. The van der Waals surface area contributed by atoms with Crippen LogP contribution in [-0.2, 0) is 14.8 Å². The van der Waals surface area contributed by atoms with E-state index in [-0.39, 0.29) is 17.6 Å². The molecule has 1 aliphatic heterocycles. The van der Waals surface area contributed by atoms with Crippen LogP contribution in [0.5, 0.6) is 0 Å². The van der Waals surface area contributed by atoms with E-state index in [1.165, 1.54) is 26.8 Å². The average molecular weight is 484 g/mol. The topological polar surface area (TPSA) is 79.4 Å². The van der Waals surface area contributed by atoms with Crippen LogP contribution in [0.1, 0.15) is 30.9 Å². The van der Waals surface area contributed by atoms with E-state index in [9.17, 15) is 13.2 Å². The summed E-state index contributed by atoms with van der Waals surface area (Å²) in [7, 11) is -3.21. The van der Waals surface area contributed by atoms with Crippen molar-refractivity contribution >= 4 is 32.4 Å². The van der Waals surface area contributed by atoms with E-state index < -0.39 is 10.0 Å². The van der Waals surface area contributed by atoms with Crippen LogP contribution in [0, 0.1) is 19.8 Å². The predicted octanol–water partition coefficient (Wildman–Crippen LogP) is 5.09. The molecule has 1 fully saturated rings. The van der Waals surface area contributed by atoms with Crippen molar-refractivity contribution in [2.75, 3.05) is 24.2 Å². The molecule has 0 spiro atoms. The molecule has 8 heteroatoms. The second kappa shape index (κ2) is 9.75. The quantitative estimate of drug-likeness (QED) is 0.529. The number of anilines is 1. The number of hydrogen-bond donors (Lipinski definition) is 1. The van der Waals surface area contributed by atoms with E-state index in [0.717, 1.165) is 21.7 Å². The molecule has 0 saturated carbocycles. The van der Waals surface area contributed by atoms with Crippen LogP contribution < -0.4 is 5.32 Å². The molecule has 0 radical (unpaired) electrons. The molecule has 1 aliphatic rings. The molecule has 3 aromatic rings. The van der Waals surface area contributed by atoms with Crippen LogP contribution in [0.3, 0.4) is 0 Å². The molecular formula is C25H29N3O3S2.